The summed E-state index contributed by atoms with van der Waals surface area (Å²) in [6.45, 7) is 7.01. The number of nitrogens with zero attached hydrogens (tertiary/aromatic N) is 1. The van der Waals surface area contributed by atoms with E-state index in [4.69, 9.17) is 4.74 Å². The van der Waals surface area contributed by atoms with E-state index in [1.54, 1.807) is 7.11 Å². The summed E-state index contributed by atoms with van der Waals surface area (Å²) in [6.07, 6.45) is 2.61. The Balaban J connectivity index is 2.56. The number of aliphatic hydroxyl groups is 1. The molecular formula is C17H28BrNO2. The Morgan fingerprint density at radius 2 is 1.76 bits per heavy atom. The van der Waals surface area contributed by atoms with Gasteiger partial charge in [0.25, 0.3) is 0 Å². The first-order chi connectivity index (χ1) is 10.1. The van der Waals surface area contributed by atoms with Gasteiger partial charge in [0, 0.05) is 30.7 Å². The second-order valence-corrected chi connectivity index (χ2v) is 6.27. The highest BCUT2D eigenvalue weighted by Gasteiger charge is 2.17. The Morgan fingerprint density at radius 1 is 1.14 bits per heavy atom. The van der Waals surface area contributed by atoms with Crippen molar-refractivity contribution < 1.29 is 9.84 Å². The number of hydrogen-bond donors (Lipinski definition) is 1. The lowest BCUT2D eigenvalue weighted by molar-refractivity contribution is 0.0904. The van der Waals surface area contributed by atoms with Crippen LogP contribution in [0.1, 0.15) is 44.8 Å². The predicted octanol–water partition coefficient (Wildman–Crippen LogP) is 4.01. The van der Waals surface area contributed by atoms with E-state index >= 15 is 0 Å². The Labute approximate surface area is 137 Å². The Bertz CT molecular complexity index is 379. The molecule has 0 radical (unpaired) electrons. The summed E-state index contributed by atoms with van der Waals surface area (Å²) in [7, 11) is 1.74. The Hall–Kier alpha value is -0.420. The highest BCUT2D eigenvalue weighted by molar-refractivity contribution is 9.10. The van der Waals surface area contributed by atoms with Gasteiger partial charge in [-0.2, -0.15) is 0 Å². The largest absolute Gasteiger partial charge is 0.388 e. The third kappa shape index (κ3) is 6.47. The smallest absolute Gasteiger partial charge is 0.0802 e. The number of hydrogen-bond acceptors (Lipinski definition) is 3. The average molecular weight is 358 g/mol. The highest BCUT2D eigenvalue weighted by Crippen LogP contribution is 2.20. The van der Waals surface area contributed by atoms with Crippen LogP contribution in [0.15, 0.2) is 28.7 Å². The van der Waals surface area contributed by atoms with Crippen molar-refractivity contribution in [3.63, 3.8) is 0 Å². The molecule has 3 nitrogen and oxygen atoms in total. The summed E-state index contributed by atoms with van der Waals surface area (Å²) in [6, 6.07) is 8.47. The van der Waals surface area contributed by atoms with Gasteiger partial charge in [-0.3, -0.25) is 4.90 Å². The molecule has 0 aliphatic carbocycles. The molecule has 120 valence electrons. The van der Waals surface area contributed by atoms with E-state index in [1.807, 2.05) is 24.3 Å². The maximum Gasteiger partial charge on any atom is 0.0802 e. The van der Waals surface area contributed by atoms with Gasteiger partial charge in [-0.1, -0.05) is 41.9 Å². The molecule has 0 aromatic heterocycles. The summed E-state index contributed by atoms with van der Waals surface area (Å²) >= 11 is 3.42. The SMILES string of the molecule is CCC(CC)N(CCOC)CCC(O)c1ccc(Br)cc1. The molecule has 1 atom stereocenters. The molecule has 0 aliphatic heterocycles. The van der Waals surface area contributed by atoms with Crippen LogP contribution in [-0.4, -0.2) is 42.9 Å². The first kappa shape index (κ1) is 18.6. The Kier molecular flexibility index (Phi) is 9.16. The van der Waals surface area contributed by atoms with E-state index in [9.17, 15) is 5.11 Å². The number of aliphatic hydroxyl groups excluding tert-OH is 1. The van der Waals surface area contributed by atoms with Crippen LogP contribution in [0.5, 0.6) is 0 Å². The van der Waals surface area contributed by atoms with Gasteiger partial charge in [-0.05, 0) is 37.0 Å². The molecule has 0 spiro atoms. The van der Waals surface area contributed by atoms with Crippen LogP contribution in [0.3, 0.4) is 0 Å². The Morgan fingerprint density at radius 3 is 2.29 bits per heavy atom. The molecule has 0 heterocycles. The standard InChI is InChI=1S/C17H28BrNO2/c1-4-16(5-2)19(12-13-21-3)11-10-17(20)14-6-8-15(18)9-7-14/h6-9,16-17,20H,4-5,10-13H2,1-3H3. The molecule has 0 saturated carbocycles. The van der Waals surface area contributed by atoms with Crippen LogP contribution in [0.4, 0.5) is 0 Å². The lowest BCUT2D eigenvalue weighted by Crippen LogP contribution is -2.38. The fourth-order valence-corrected chi connectivity index (χ4v) is 2.89. The van der Waals surface area contributed by atoms with Gasteiger partial charge >= 0.3 is 0 Å². The fraction of sp³-hybridized carbons (Fsp3) is 0.647. The minimum Gasteiger partial charge on any atom is -0.388 e. The van der Waals surface area contributed by atoms with Gasteiger partial charge in [0.1, 0.15) is 0 Å². The minimum absolute atomic E-state index is 0.405. The van der Waals surface area contributed by atoms with Crippen molar-refractivity contribution in [1.82, 2.24) is 4.90 Å². The molecule has 4 heteroatoms. The predicted molar refractivity (Wildman–Crippen MR) is 91.5 cm³/mol. The number of halogens is 1. The van der Waals surface area contributed by atoms with E-state index in [-0.39, 0.29) is 0 Å². The van der Waals surface area contributed by atoms with Crippen LogP contribution < -0.4 is 0 Å². The van der Waals surface area contributed by atoms with Crippen molar-refractivity contribution in [2.24, 2.45) is 0 Å². The first-order valence-electron chi connectivity index (χ1n) is 7.78. The van der Waals surface area contributed by atoms with Gasteiger partial charge in [-0.25, -0.2) is 0 Å². The van der Waals surface area contributed by atoms with E-state index in [2.05, 4.69) is 34.7 Å². The van der Waals surface area contributed by atoms with Crippen LogP contribution in [0.2, 0.25) is 0 Å². The van der Waals surface area contributed by atoms with Crippen molar-refractivity contribution >= 4 is 15.9 Å². The van der Waals surface area contributed by atoms with Gasteiger partial charge in [0.15, 0.2) is 0 Å². The van der Waals surface area contributed by atoms with Gasteiger partial charge in [0.2, 0.25) is 0 Å². The second kappa shape index (κ2) is 10.3. The monoisotopic (exact) mass is 357 g/mol. The zero-order chi connectivity index (χ0) is 15.7. The number of methoxy groups -OCH3 is 1. The normalized spacial score (nSPS) is 13.1. The maximum absolute atomic E-state index is 10.3. The average Bonchev–Trinajstić information content (AvgIpc) is 2.50. The first-order valence-corrected chi connectivity index (χ1v) is 8.58. The zero-order valence-corrected chi connectivity index (χ0v) is 15.0. The molecule has 1 aromatic carbocycles. The van der Waals surface area contributed by atoms with Crippen molar-refractivity contribution in [3.05, 3.63) is 34.3 Å². The molecule has 1 rings (SSSR count). The second-order valence-electron chi connectivity index (χ2n) is 5.36. The summed E-state index contributed by atoms with van der Waals surface area (Å²) in [5.41, 5.74) is 0.981. The van der Waals surface area contributed by atoms with Crippen LogP contribution in [0.25, 0.3) is 0 Å². The summed E-state index contributed by atoms with van der Waals surface area (Å²) < 4.78 is 6.25. The molecular weight excluding hydrogens is 330 g/mol. The lowest BCUT2D eigenvalue weighted by atomic mass is 10.0. The number of benzene rings is 1. The van der Waals surface area contributed by atoms with E-state index in [0.717, 1.165) is 49.0 Å². The summed E-state index contributed by atoms with van der Waals surface area (Å²) in [5, 5.41) is 10.3. The fourth-order valence-electron chi connectivity index (χ4n) is 2.63. The molecule has 1 unspecified atom stereocenters. The molecule has 1 N–H and O–H groups in total. The van der Waals surface area contributed by atoms with Gasteiger partial charge in [0.05, 0.1) is 12.7 Å². The van der Waals surface area contributed by atoms with Crippen molar-refractivity contribution in [2.75, 3.05) is 26.8 Å². The van der Waals surface area contributed by atoms with Crippen LogP contribution in [-0.2, 0) is 4.74 Å². The minimum atomic E-state index is -0.405. The molecule has 0 bridgehead atoms. The molecule has 1 aromatic rings. The third-order valence-electron chi connectivity index (χ3n) is 3.99. The lowest BCUT2D eigenvalue weighted by Gasteiger charge is -2.31. The van der Waals surface area contributed by atoms with Crippen LogP contribution >= 0.6 is 15.9 Å². The molecule has 0 amide bonds. The molecule has 0 saturated heterocycles. The molecule has 0 fully saturated rings. The van der Waals surface area contributed by atoms with E-state index in [1.165, 1.54) is 0 Å². The van der Waals surface area contributed by atoms with Crippen molar-refractivity contribution in [2.45, 2.75) is 45.3 Å². The summed E-state index contributed by atoms with van der Waals surface area (Å²) in [5.74, 6) is 0. The molecule has 21 heavy (non-hydrogen) atoms. The van der Waals surface area contributed by atoms with Crippen LogP contribution in [0, 0.1) is 0 Å². The third-order valence-corrected chi connectivity index (χ3v) is 4.51. The van der Waals surface area contributed by atoms with Crippen molar-refractivity contribution in [3.8, 4) is 0 Å². The zero-order valence-electron chi connectivity index (χ0n) is 13.4. The van der Waals surface area contributed by atoms with Gasteiger partial charge < -0.3 is 9.84 Å². The van der Waals surface area contributed by atoms with Crippen molar-refractivity contribution in [1.29, 1.82) is 0 Å². The quantitative estimate of drug-likeness (QED) is 0.686. The topological polar surface area (TPSA) is 32.7 Å². The van der Waals surface area contributed by atoms with E-state index in [0.29, 0.717) is 6.04 Å². The molecule has 0 aliphatic rings. The highest BCUT2D eigenvalue weighted by atomic mass is 79.9. The number of ether oxygens (including phenoxy) is 1. The van der Waals surface area contributed by atoms with E-state index < -0.39 is 6.10 Å². The summed E-state index contributed by atoms with van der Waals surface area (Å²) in [4.78, 5) is 2.44. The maximum atomic E-state index is 10.3. The number of rotatable bonds is 10. The van der Waals surface area contributed by atoms with Gasteiger partial charge in [-0.15, -0.1) is 0 Å².